The number of benzene rings is 1. The van der Waals surface area contributed by atoms with Crippen molar-refractivity contribution < 1.29 is 19.1 Å². The third-order valence-corrected chi connectivity index (χ3v) is 3.85. The second-order valence-corrected chi connectivity index (χ2v) is 6.12. The van der Waals surface area contributed by atoms with Crippen LogP contribution in [0, 0.1) is 0 Å². The van der Waals surface area contributed by atoms with Gasteiger partial charge in [0.15, 0.2) is 11.8 Å². The largest absolute Gasteiger partial charge is 0.481 e. The highest BCUT2D eigenvalue weighted by molar-refractivity contribution is 9.10. The zero-order chi connectivity index (χ0) is 16.1. The number of halogens is 1. The average molecular weight is 385 g/mol. The number of amidine groups is 1. The lowest BCUT2D eigenvalue weighted by Gasteiger charge is -2.09. The number of nitrogens with zero attached hydrogens (tertiary/aromatic N) is 1. The normalized spacial score (nSPS) is 15.8. The predicted molar refractivity (Wildman–Crippen MR) is 88.5 cm³/mol. The van der Waals surface area contributed by atoms with E-state index in [0.29, 0.717) is 22.8 Å². The Morgan fingerprint density at radius 2 is 2.27 bits per heavy atom. The predicted octanol–water partition coefficient (Wildman–Crippen LogP) is 2.32. The molecule has 1 heterocycles. The van der Waals surface area contributed by atoms with Gasteiger partial charge in [-0.3, -0.25) is 4.79 Å². The van der Waals surface area contributed by atoms with Crippen molar-refractivity contribution >= 4 is 50.8 Å². The molecule has 0 saturated heterocycles. The molecule has 0 aromatic heterocycles. The number of carbonyl (C=O) groups is 2. The van der Waals surface area contributed by atoms with E-state index in [-0.39, 0.29) is 17.7 Å². The van der Waals surface area contributed by atoms with Crippen LogP contribution in [0.3, 0.4) is 0 Å². The lowest BCUT2D eigenvalue weighted by molar-refractivity contribution is -0.145. The highest BCUT2D eigenvalue weighted by atomic mass is 79.9. The first kappa shape index (κ1) is 16.6. The molecule has 1 aliphatic rings. The number of nitrogens with two attached hydrogens (primary N) is 1. The Bertz CT molecular complexity index is 673. The summed E-state index contributed by atoms with van der Waals surface area (Å²) in [5, 5.41) is 0.209. The number of aliphatic imine (C=N–C) groups is 1. The van der Waals surface area contributed by atoms with Crippen LogP contribution < -0.4 is 10.5 Å². The van der Waals surface area contributed by atoms with Crippen molar-refractivity contribution in [2.75, 3.05) is 13.2 Å². The second kappa shape index (κ2) is 7.46. The van der Waals surface area contributed by atoms with E-state index in [1.54, 1.807) is 31.2 Å². The van der Waals surface area contributed by atoms with Gasteiger partial charge in [0.2, 0.25) is 0 Å². The third kappa shape index (κ3) is 4.35. The number of rotatable bonds is 5. The molecule has 116 valence electrons. The maximum absolute atomic E-state index is 11.7. The van der Waals surface area contributed by atoms with E-state index in [0.717, 1.165) is 16.2 Å². The number of hydrogen-bond acceptors (Lipinski definition) is 6. The highest BCUT2D eigenvalue weighted by Crippen LogP contribution is 2.31. The maximum Gasteiger partial charge on any atom is 0.344 e. The van der Waals surface area contributed by atoms with Crippen LogP contribution in [0.4, 0.5) is 0 Å². The fourth-order valence-corrected chi connectivity index (χ4v) is 2.72. The Labute approximate surface area is 139 Å². The fourth-order valence-electron chi connectivity index (χ4n) is 1.67. The Morgan fingerprint density at radius 3 is 2.91 bits per heavy atom. The molecule has 2 N–H and O–H groups in total. The van der Waals surface area contributed by atoms with Crippen LogP contribution in [0.25, 0.3) is 6.08 Å². The van der Waals surface area contributed by atoms with Gasteiger partial charge in [-0.2, -0.15) is 4.99 Å². The summed E-state index contributed by atoms with van der Waals surface area (Å²) in [6.45, 7) is 1.81. The van der Waals surface area contributed by atoms with Gasteiger partial charge in [0, 0.05) is 10.0 Å². The standard InChI is InChI=1S/C14H13BrN2O4S/c1-2-20-12(18)7-21-10-4-3-9(15)5-8(10)6-11-13(19)17-14(16)22-11/h3-6H,2,7H2,1H3,(H2,16,17,19)/b11-6-. The molecule has 0 aliphatic carbocycles. The molecule has 8 heteroatoms. The molecule has 1 amide bonds. The molecule has 0 fully saturated rings. The van der Waals surface area contributed by atoms with Crippen LogP contribution in [-0.4, -0.2) is 30.3 Å². The number of thioether (sulfide) groups is 1. The molecule has 22 heavy (non-hydrogen) atoms. The molecule has 0 saturated carbocycles. The zero-order valence-electron chi connectivity index (χ0n) is 11.7. The summed E-state index contributed by atoms with van der Waals surface area (Å²) in [6.07, 6.45) is 1.63. The Balaban J connectivity index is 2.20. The first-order valence-electron chi connectivity index (χ1n) is 6.35. The second-order valence-electron chi connectivity index (χ2n) is 4.14. The van der Waals surface area contributed by atoms with Crippen LogP contribution in [0.5, 0.6) is 5.75 Å². The molecule has 0 spiro atoms. The van der Waals surface area contributed by atoms with Crippen molar-refractivity contribution in [2.24, 2.45) is 10.7 Å². The van der Waals surface area contributed by atoms with E-state index in [4.69, 9.17) is 15.2 Å². The summed E-state index contributed by atoms with van der Waals surface area (Å²) in [7, 11) is 0. The van der Waals surface area contributed by atoms with Crippen LogP contribution in [0.2, 0.25) is 0 Å². The Morgan fingerprint density at radius 1 is 1.50 bits per heavy atom. The molecular weight excluding hydrogens is 372 g/mol. The molecule has 0 atom stereocenters. The molecule has 0 bridgehead atoms. The number of ether oxygens (including phenoxy) is 2. The van der Waals surface area contributed by atoms with Crippen molar-refractivity contribution in [1.82, 2.24) is 0 Å². The molecule has 1 aliphatic heterocycles. The minimum Gasteiger partial charge on any atom is -0.481 e. The van der Waals surface area contributed by atoms with Crippen molar-refractivity contribution in [3.05, 3.63) is 33.1 Å². The van der Waals surface area contributed by atoms with Crippen molar-refractivity contribution in [3.63, 3.8) is 0 Å². The Hall–Kier alpha value is -1.80. The van der Waals surface area contributed by atoms with Crippen LogP contribution >= 0.6 is 27.7 Å². The quantitative estimate of drug-likeness (QED) is 0.618. The monoisotopic (exact) mass is 384 g/mol. The van der Waals surface area contributed by atoms with E-state index >= 15 is 0 Å². The van der Waals surface area contributed by atoms with E-state index in [1.165, 1.54) is 0 Å². The van der Waals surface area contributed by atoms with Crippen molar-refractivity contribution in [3.8, 4) is 5.75 Å². The van der Waals surface area contributed by atoms with Gasteiger partial charge < -0.3 is 15.2 Å². The van der Waals surface area contributed by atoms with Gasteiger partial charge in [-0.15, -0.1) is 0 Å². The van der Waals surface area contributed by atoms with Crippen molar-refractivity contribution in [2.45, 2.75) is 6.92 Å². The average Bonchev–Trinajstić information content (AvgIpc) is 2.76. The summed E-state index contributed by atoms with van der Waals surface area (Å²) in [6, 6.07) is 5.25. The maximum atomic E-state index is 11.7. The Kier molecular flexibility index (Phi) is 5.62. The summed E-state index contributed by atoms with van der Waals surface area (Å²) in [4.78, 5) is 27.1. The SMILES string of the molecule is CCOC(=O)COc1ccc(Br)cc1/C=C1\SC(N)=NC1=O. The summed E-state index contributed by atoms with van der Waals surface area (Å²) in [5.41, 5.74) is 6.16. The number of carbonyl (C=O) groups excluding carboxylic acids is 2. The van der Waals surface area contributed by atoms with Gasteiger partial charge in [-0.05, 0) is 43.0 Å². The molecule has 1 aromatic rings. The fraction of sp³-hybridized carbons (Fsp3) is 0.214. The van der Waals surface area contributed by atoms with Gasteiger partial charge in [-0.1, -0.05) is 15.9 Å². The lowest BCUT2D eigenvalue weighted by Crippen LogP contribution is -2.15. The zero-order valence-corrected chi connectivity index (χ0v) is 14.1. The molecule has 0 unspecified atom stereocenters. The first-order valence-corrected chi connectivity index (χ1v) is 7.96. The smallest absolute Gasteiger partial charge is 0.344 e. The van der Waals surface area contributed by atoms with Gasteiger partial charge >= 0.3 is 5.97 Å². The van der Waals surface area contributed by atoms with Gasteiger partial charge in [0.25, 0.3) is 5.91 Å². The topological polar surface area (TPSA) is 91.0 Å². The van der Waals surface area contributed by atoms with Crippen LogP contribution in [0.1, 0.15) is 12.5 Å². The molecule has 2 rings (SSSR count). The van der Waals surface area contributed by atoms with Crippen LogP contribution in [0.15, 0.2) is 32.6 Å². The number of hydrogen-bond donors (Lipinski definition) is 1. The van der Waals surface area contributed by atoms with Crippen LogP contribution in [-0.2, 0) is 14.3 Å². The van der Waals surface area contributed by atoms with E-state index in [1.807, 2.05) is 0 Å². The molecular formula is C14H13BrN2O4S. The molecule has 6 nitrogen and oxygen atoms in total. The van der Waals surface area contributed by atoms with E-state index < -0.39 is 5.97 Å². The van der Waals surface area contributed by atoms with Gasteiger partial charge in [-0.25, -0.2) is 4.79 Å². The lowest BCUT2D eigenvalue weighted by atomic mass is 10.2. The third-order valence-electron chi connectivity index (χ3n) is 2.55. The van der Waals surface area contributed by atoms with Gasteiger partial charge in [0.1, 0.15) is 5.75 Å². The van der Waals surface area contributed by atoms with E-state index in [2.05, 4.69) is 20.9 Å². The summed E-state index contributed by atoms with van der Waals surface area (Å²) in [5.74, 6) is -0.385. The molecule has 1 aromatic carbocycles. The summed E-state index contributed by atoms with van der Waals surface area (Å²) < 4.78 is 11.1. The molecule has 0 radical (unpaired) electrons. The number of amides is 1. The van der Waals surface area contributed by atoms with Gasteiger partial charge in [0.05, 0.1) is 11.5 Å². The van der Waals surface area contributed by atoms with E-state index in [9.17, 15) is 9.59 Å². The highest BCUT2D eigenvalue weighted by Gasteiger charge is 2.20. The van der Waals surface area contributed by atoms with Crippen molar-refractivity contribution in [1.29, 1.82) is 0 Å². The number of esters is 1. The minimum atomic E-state index is -0.456. The first-order chi connectivity index (χ1) is 10.5. The minimum absolute atomic E-state index is 0.203. The summed E-state index contributed by atoms with van der Waals surface area (Å²) >= 11 is 4.45.